The first-order valence-electron chi connectivity index (χ1n) is 12.8. The van der Waals surface area contributed by atoms with Crippen molar-refractivity contribution in [2.75, 3.05) is 18.6 Å². The number of primary amides is 1. The fourth-order valence-corrected chi connectivity index (χ4v) is 5.18. The molecular formula is C26H36N6O6S. The van der Waals surface area contributed by atoms with Gasteiger partial charge in [0, 0.05) is 36.5 Å². The number of nitrogens with two attached hydrogens (primary N) is 2. The zero-order valence-electron chi connectivity index (χ0n) is 21.9. The number of carbonyl (C=O) groups is 5. The first-order chi connectivity index (χ1) is 18.6. The van der Waals surface area contributed by atoms with Crippen LogP contribution in [0, 0.1) is 0 Å². The highest BCUT2D eigenvalue weighted by Crippen LogP contribution is 2.22. The Morgan fingerprint density at radius 2 is 1.90 bits per heavy atom. The zero-order valence-corrected chi connectivity index (χ0v) is 22.7. The average Bonchev–Trinajstić information content (AvgIpc) is 3.56. The maximum atomic E-state index is 13.5. The van der Waals surface area contributed by atoms with E-state index in [2.05, 4.69) is 15.6 Å². The van der Waals surface area contributed by atoms with Crippen molar-refractivity contribution in [2.45, 2.75) is 62.7 Å². The molecule has 4 atom stereocenters. The normalized spacial score (nSPS) is 17.4. The van der Waals surface area contributed by atoms with Crippen LogP contribution in [-0.2, 0) is 30.4 Å². The molecule has 0 radical (unpaired) electrons. The van der Waals surface area contributed by atoms with Crippen molar-refractivity contribution in [3.63, 3.8) is 0 Å². The number of benzene rings is 1. The van der Waals surface area contributed by atoms with Gasteiger partial charge in [-0.2, -0.15) is 11.8 Å². The zero-order chi connectivity index (χ0) is 28.5. The number of nitrogens with one attached hydrogen (secondary N) is 3. The summed E-state index contributed by atoms with van der Waals surface area (Å²) < 4.78 is 0. The van der Waals surface area contributed by atoms with Crippen LogP contribution in [0.15, 0.2) is 30.5 Å². The number of carbonyl (C=O) groups excluding carboxylic acids is 4. The van der Waals surface area contributed by atoms with Crippen LogP contribution in [0.5, 0.6) is 0 Å². The van der Waals surface area contributed by atoms with Gasteiger partial charge in [0.1, 0.15) is 18.1 Å². The molecule has 3 rings (SSSR count). The second-order valence-electron chi connectivity index (χ2n) is 9.61. The molecule has 8 N–H and O–H groups in total. The molecule has 1 aliphatic rings. The summed E-state index contributed by atoms with van der Waals surface area (Å²) in [6, 6.07) is 3.39. The van der Waals surface area contributed by atoms with Gasteiger partial charge in [-0.1, -0.05) is 18.2 Å². The van der Waals surface area contributed by atoms with E-state index < -0.39 is 53.8 Å². The first kappa shape index (κ1) is 30.0. The number of H-pyrrole nitrogens is 1. The van der Waals surface area contributed by atoms with Crippen LogP contribution in [0.1, 0.15) is 37.7 Å². The molecule has 1 fully saturated rings. The number of aromatic nitrogens is 1. The van der Waals surface area contributed by atoms with Crippen LogP contribution in [0.2, 0.25) is 0 Å². The average molecular weight is 561 g/mol. The van der Waals surface area contributed by atoms with Gasteiger partial charge in [0.25, 0.3) is 0 Å². The van der Waals surface area contributed by atoms with Crippen LogP contribution in [-0.4, -0.2) is 87.3 Å². The van der Waals surface area contributed by atoms with E-state index in [1.54, 1.807) is 6.20 Å². The summed E-state index contributed by atoms with van der Waals surface area (Å²) in [6.07, 6.45) is 4.73. The van der Waals surface area contributed by atoms with E-state index in [0.717, 1.165) is 16.5 Å². The van der Waals surface area contributed by atoms with Crippen LogP contribution < -0.4 is 22.1 Å². The van der Waals surface area contributed by atoms with Crippen molar-refractivity contribution >= 4 is 52.3 Å². The van der Waals surface area contributed by atoms with Gasteiger partial charge < -0.3 is 37.1 Å². The number of aliphatic carboxylic acids is 1. The Morgan fingerprint density at radius 3 is 2.59 bits per heavy atom. The molecule has 0 spiro atoms. The van der Waals surface area contributed by atoms with Gasteiger partial charge in [-0.15, -0.1) is 0 Å². The smallest absolute Gasteiger partial charge is 0.326 e. The van der Waals surface area contributed by atoms with Gasteiger partial charge in [-0.3, -0.25) is 19.2 Å². The highest BCUT2D eigenvalue weighted by Gasteiger charge is 2.39. The standard InChI is InChI=1S/C26H36N6O6S/c1-39-12-10-17(27)23(34)30-19(8-9-22(28)33)25(36)32-11-4-7-21(32)24(35)31-20(26(37)38)13-15-14-29-18-6-3-2-5-16(15)18/h2-3,5-6,14,17,19-21,29H,4,7-13,27H2,1H3,(H2,28,33)(H,30,34)(H,31,35)(H,37,38). The van der Waals surface area contributed by atoms with E-state index in [1.807, 2.05) is 30.5 Å². The lowest BCUT2D eigenvalue weighted by Gasteiger charge is -2.30. The molecule has 4 unspecified atom stereocenters. The molecule has 4 amide bonds. The maximum Gasteiger partial charge on any atom is 0.326 e. The van der Waals surface area contributed by atoms with Gasteiger partial charge in [0.15, 0.2) is 0 Å². The molecule has 1 saturated heterocycles. The van der Waals surface area contributed by atoms with Gasteiger partial charge in [0.05, 0.1) is 6.04 Å². The van der Waals surface area contributed by atoms with Gasteiger partial charge in [0.2, 0.25) is 23.6 Å². The van der Waals surface area contributed by atoms with Crippen molar-refractivity contribution in [1.82, 2.24) is 20.5 Å². The Labute approximate surface area is 230 Å². The second kappa shape index (κ2) is 14.0. The van der Waals surface area contributed by atoms with Gasteiger partial charge >= 0.3 is 5.97 Å². The highest BCUT2D eigenvalue weighted by molar-refractivity contribution is 7.98. The Bertz CT molecular complexity index is 1200. The van der Waals surface area contributed by atoms with E-state index >= 15 is 0 Å². The Kier molecular flexibility index (Phi) is 10.8. The highest BCUT2D eigenvalue weighted by atomic mass is 32.2. The van der Waals surface area contributed by atoms with Crippen molar-refractivity contribution in [2.24, 2.45) is 11.5 Å². The van der Waals surface area contributed by atoms with E-state index in [-0.39, 0.29) is 25.8 Å². The maximum absolute atomic E-state index is 13.5. The number of hydrogen-bond donors (Lipinski definition) is 6. The number of likely N-dealkylation sites (tertiary alicyclic amines) is 1. The summed E-state index contributed by atoms with van der Waals surface area (Å²) in [5.74, 6) is -2.84. The second-order valence-corrected chi connectivity index (χ2v) is 10.6. The predicted octanol–water partition coefficient (Wildman–Crippen LogP) is 0.102. The number of nitrogens with zero attached hydrogens (tertiary/aromatic N) is 1. The molecule has 2 aromatic rings. The van der Waals surface area contributed by atoms with E-state index in [9.17, 15) is 29.1 Å². The summed E-state index contributed by atoms with van der Waals surface area (Å²) >= 11 is 1.53. The molecule has 0 aliphatic carbocycles. The lowest BCUT2D eigenvalue weighted by atomic mass is 10.0. The minimum atomic E-state index is -1.21. The minimum Gasteiger partial charge on any atom is -0.480 e. The number of para-hydroxylation sites is 1. The van der Waals surface area contributed by atoms with Crippen LogP contribution >= 0.6 is 11.8 Å². The van der Waals surface area contributed by atoms with E-state index in [4.69, 9.17) is 11.5 Å². The van der Waals surface area contributed by atoms with E-state index in [0.29, 0.717) is 25.0 Å². The molecule has 12 nitrogen and oxygen atoms in total. The molecule has 1 aromatic carbocycles. The number of carboxylic acids is 1. The lowest BCUT2D eigenvalue weighted by Crippen LogP contribution is -2.57. The van der Waals surface area contributed by atoms with Gasteiger partial charge in [-0.05, 0) is 49.3 Å². The Morgan fingerprint density at radius 1 is 1.15 bits per heavy atom. The molecule has 13 heteroatoms. The summed E-state index contributed by atoms with van der Waals surface area (Å²) in [6.45, 7) is 0.249. The van der Waals surface area contributed by atoms with Crippen LogP contribution in [0.3, 0.4) is 0 Å². The van der Waals surface area contributed by atoms with Crippen LogP contribution in [0.4, 0.5) is 0 Å². The number of rotatable bonds is 14. The number of hydrogen-bond acceptors (Lipinski definition) is 7. The molecule has 2 heterocycles. The Balaban J connectivity index is 1.71. The minimum absolute atomic E-state index is 0.0433. The number of fused-ring (bicyclic) bond motifs is 1. The summed E-state index contributed by atoms with van der Waals surface area (Å²) in [5, 5.41) is 15.9. The number of amides is 4. The molecule has 1 aliphatic heterocycles. The molecular weight excluding hydrogens is 524 g/mol. The summed E-state index contributed by atoms with van der Waals surface area (Å²) in [7, 11) is 0. The third kappa shape index (κ3) is 7.96. The van der Waals surface area contributed by atoms with Gasteiger partial charge in [-0.25, -0.2) is 4.79 Å². The fourth-order valence-electron chi connectivity index (χ4n) is 4.69. The van der Waals surface area contributed by atoms with Crippen molar-refractivity contribution < 1.29 is 29.1 Å². The third-order valence-electron chi connectivity index (χ3n) is 6.82. The molecule has 1 aromatic heterocycles. The van der Waals surface area contributed by atoms with Crippen molar-refractivity contribution in [3.05, 3.63) is 36.0 Å². The summed E-state index contributed by atoms with van der Waals surface area (Å²) in [5.41, 5.74) is 12.8. The molecule has 0 saturated carbocycles. The lowest BCUT2D eigenvalue weighted by molar-refractivity contribution is -0.145. The molecule has 39 heavy (non-hydrogen) atoms. The largest absolute Gasteiger partial charge is 0.480 e. The SMILES string of the molecule is CSCCC(N)C(=O)NC(CCC(N)=O)C(=O)N1CCCC1C(=O)NC(Cc1c[nH]c2ccccc12)C(=O)O. The first-order valence-corrected chi connectivity index (χ1v) is 14.2. The number of thioether (sulfide) groups is 1. The third-order valence-corrected chi connectivity index (χ3v) is 7.46. The summed E-state index contributed by atoms with van der Waals surface area (Å²) in [4.78, 5) is 67.2. The Hall–Kier alpha value is -3.58. The van der Waals surface area contributed by atoms with E-state index in [1.165, 1.54) is 16.7 Å². The monoisotopic (exact) mass is 560 g/mol. The molecule has 0 bridgehead atoms. The van der Waals surface area contributed by atoms with Crippen molar-refractivity contribution in [1.29, 1.82) is 0 Å². The predicted molar refractivity (Wildman–Crippen MR) is 148 cm³/mol. The number of carboxylic acid groups (broad SMARTS) is 1. The molecule has 212 valence electrons. The quantitative estimate of drug-likeness (QED) is 0.187. The fraction of sp³-hybridized carbons (Fsp3) is 0.500. The topological polar surface area (TPSA) is 201 Å². The van der Waals surface area contributed by atoms with Crippen LogP contribution in [0.25, 0.3) is 10.9 Å². The number of aromatic amines is 1. The van der Waals surface area contributed by atoms with Crippen molar-refractivity contribution in [3.8, 4) is 0 Å².